The van der Waals surface area contributed by atoms with Gasteiger partial charge in [-0.05, 0) is 17.2 Å². The molecule has 0 aliphatic heterocycles. The summed E-state index contributed by atoms with van der Waals surface area (Å²) in [6.07, 6.45) is 1.78. The predicted molar refractivity (Wildman–Crippen MR) is 86.7 cm³/mol. The molecule has 0 atom stereocenters. The molecule has 0 aliphatic carbocycles. The first-order valence-corrected chi connectivity index (χ1v) is 6.97. The third kappa shape index (κ3) is 3.87. The zero-order chi connectivity index (χ0) is 14.4. The second-order valence-corrected chi connectivity index (χ2v) is 5.31. The quantitative estimate of drug-likeness (QED) is 0.844. The van der Waals surface area contributed by atoms with Crippen molar-refractivity contribution in [2.45, 2.75) is 0 Å². The van der Waals surface area contributed by atoms with Crippen LogP contribution >= 0.6 is 11.8 Å². The molecule has 1 amide bonds. The minimum absolute atomic E-state index is 0.448. The molecule has 2 aromatic rings. The maximum absolute atomic E-state index is 11.6. The first-order chi connectivity index (χ1) is 9.66. The van der Waals surface area contributed by atoms with Gasteiger partial charge in [-0.2, -0.15) is 0 Å². The molecule has 2 nitrogen and oxygen atoms in total. The second-order valence-electron chi connectivity index (χ2n) is 4.17. The van der Waals surface area contributed by atoms with Gasteiger partial charge in [0.2, 0.25) is 0 Å². The van der Waals surface area contributed by atoms with Crippen LogP contribution in [0.25, 0.3) is 11.0 Å². The third-order valence-electron chi connectivity index (χ3n) is 2.67. The van der Waals surface area contributed by atoms with Gasteiger partial charge in [-0.15, -0.1) is 0 Å². The van der Waals surface area contributed by atoms with Crippen LogP contribution in [0.2, 0.25) is 0 Å². The molecule has 0 saturated heterocycles. The number of hydrogen-bond donors (Lipinski definition) is 1. The molecule has 2 aromatic carbocycles. The van der Waals surface area contributed by atoms with E-state index in [1.807, 2.05) is 60.7 Å². The Morgan fingerprint density at radius 2 is 1.55 bits per heavy atom. The van der Waals surface area contributed by atoms with Crippen molar-refractivity contribution >= 4 is 28.7 Å². The Bertz CT molecular complexity index is 633. The van der Waals surface area contributed by atoms with Crippen LogP contribution in [0.5, 0.6) is 0 Å². The Morgan fingerprint density at radius 3 is 2.10 bits per heavy atom. The molecule has 20 heavy (non-hydrogen) atoms. The average Bonchev–Trinajstić information content (AvgIpc) is 2.48. The highest BCUT2D eigenvalue weighted by Gasteiger charge is 2.09. The van der Waals surface area contributed by atoms with Crippen LogP contribution in [0.15, 0.2) is 72.1 Å². The molecule has 0 aromatic heterocycles. The molecule has 0 saturated carbocycles. The number of hydrogen-bond acceptors (Lipinski definition) is 2. The van der Waals surface area contributed by atoms with E-state index in [4.69, 9.17) is 5.73 Å². The summed E-state index contributed by atoms with van der Waals surface area (Å²) in [5.74, 6) is -0.448. The van der Waals surface area contributed by atoms with E-state index in [1.54, 1.807) is 6.08 Å². The summed E-state index contributed by atoms with van der Waals surface area (Å²) < 4.78 is 0. The van der Waals surface area contributed by atoms with Crippen molar-refractivity contribution in [3.05, 3.63) is 83.3 Å². The summed E-state index contributed by atoms with van der Waals surface area (Å²) in [5.41, 5.74) is 7.37. The number of rotatable bonds is 5. The molecule has 0 heterocycles. The van der Waals surface area contributed by atoms with Gasteiger partial charge in [-0.25, -0.2) is 0 Å². The van der Waals surface area contributed by atoms with Crippen LogP contribution in [-0.4, -0.2) is 5.91 Å². The van der Waals surface area contributed by atoms with Gasteiger partial charge >= 0.3 is 0 Å². The molecular weight excluding hydrogens is 266 g/mol. The van der Waals surface area contributed by atoms with Crippen LogP contribution in [0, 0.1) is 0 Å². The van der Waals surface area contributed by atoms with E-state index in [0.29, 0.717) is 4.91 Å². The van der Waals surface area contributed by atoms with E-state index in [0.717, 1.165) is 16.0 Å². The van der Waals surface area contributed by atoms with E-state index in [-0.39, 0.29) is 0 Å². The Morgan fingerprint density at radius 1 is 1.00 bits per heavy atom. The van der Waals surface area contributed by atoms with Gasteiger partial charge in [0, 0.05) is 4.91 Å². The molecule has 0 fully saturated rings. The Balaban J connectivity index is 2.21. The topological polar surface area (TPSA) is 43.1 Å². The SMILES string of the molecule is C=C(S/C(=C\c1ccccc1)C(N)=O)c1ccccc1. The lowest BCUT2D eigenvalue weighted by atomic mass is 10.2. The molecule has 100 valence electrons. The molecule has 3 heteroatoms. The van der Waals surface area contributed by atoms with Crippen LogP contribution in [0.3, 0.4) is 0 Å². The zero-order valence-corrected chi connectivity index (χ0v) is 11.8. The fourth-order valence-corrected chi connectivity index (χ4v) is 2.48. The van der Waals surface area contributed by atoms with E-state index in [1.165, 1.54) is 11.8 Å². The summed E-state index contributed by atoms with van der Waals surface area (Å²) in [6.45, 7) is 4.00. The molecule has 0 spiro atoms. The van der Waals surface area contributed by atoms with Crippen molar-refractivity contribution in [2.24, 2.45) is 5.73 Å². The van der Waals surface area contributed by atoms with Crippen molar-refractivity contribution < 1.29 is 4.79 Å². The van der Waals surface area contributed by atoms with E-state index >= 15 is 0 Å². The van der Waals surface area contributed by atoms with Crippen molar-refractivity contribution in [2.75, 3.05) is 0 Å². The smallest absolute Gasteiger partial charge is 0.255 e. The molecule has 2 rings (SSSR count). The largest absolute Gasteiger partial charge is 0.365 e. The average molecular weight is 281 g/mol. The minimum atomic E-state index is -0.448. The van der Waals surface area contributed by atoms with Crippen molar-refractivity contribution in [3.8, 4) is 0 Å². The van der Waals surface area contributed by atoms with Gasteiger partial charge in [-0.3, -0.25) is 4.79 Å². The van der Waals surface area contributed by atoms with Gasteiger partial charge in [0.25, 0.3) is 5.91 Å². The normalized spacial score (nSPS) is 11.1. The van der Waals surface area contributed by atoms with Gasteiger partial charge in [0.1, 0.15) is 0 Å². The summed E-state index contributed by atoms with van der Waals surface area (Å²) in [7, 11) is 0. The summed E-state index contributed by atoms with van der Waals surface area (Å²) in [6, 6.07) is 19.3. The van der Waals surface area contributed by atoms with E-state index in [9.17, 15) is 4.79 Å². The number of carbonyl (C=O) groups excluding carboxylic acids is 1. The summed E-state index contributed by atoms with van der Waals surface area (Å²) in [4.78, 5) is 12.8. The predicted octanol–water partition coefficient (Wildman–Crippen LogP) is 3.92. The van der Waals surface area contributed by atoms with Crippen LogP contribution < -0.4 is 5.73 Å². The zero-order valence-electron chi connectivity index (χ0n) is 11.0. The van der Waals surface area contributed by atoms with Crippen molar-refractivity contribution in [3.63, 3.8) is 0 Å². The Hall–Kier alpha value is -2.26. The Labute approximate surface area is 123 Å². The van der Waals surface area contributed by atoms with Gasteiger partial charge in [-0.1, -0.05) is 79.0 Å². The monoisotopic (exact) mass is 281 g/mol. The Kier molecular flexibility index (Phi) is 4.80. The van der Waals surface area contributed by atoms with E-state index in [2.05, 4.69) is 6.58 Å². The van der Waals surface area contributed by atoms with Crippen LogP contribution in [0.1, 0.15) is 11.1 Å². The number of amides is 1. The highest BCUT2D eigenvalue weighted by Crippen LogP contribution is 2.32. The lowest BCUT2D eigenvalue weighted by Crippen LogP contribution is -2.11. The molecule has 2 N–H and O–H groups in total. The third-order valence-corrected chi connectivity index (χ3v) is 3.69. The standard InChI is InChI=1S/C17H15NOS/c1-13(15-10-6-3-7-11-15)20-16(17(18)19)12-14-8-4-2-5-9-14/h2-12H,1H2,(H2,18,19)/b16-12-. The molecule has 0 unspecified atom stereocenters. The van der Waals surface area contributed by atoms with Crippen molar-refractivity contribution in [1.29, 1.82) is 0 Å². The first kappa shape index (κ1) is 14.2. The number of thioether (sulfide) groups is 1. The molecular formula is C17H15NOS. The molecule has 0 radical (unpaired) electrons. The maximum Gasteiger partial charge on any atom is 0.255 e. The highest BCUT2D eigenvalue weighted by atomic mass is 32.2. The lowest BCUT2D eigenvalue weighted by Gasteiger charge is -2.07. The summed E-state index contributed by atoms with van der Waals surface area (Å²) >= 11 is 1.29. The van der Waals surface area contributed by atoms with E-state index < -0.39 is 5.91 Å². The minimum Gasteiger partial charge on any atom is -0.365 e. The fourth-order valence-electron chi connectivity index (χ4n) is 1.67. The molecule has 0 aliphatic rings. The van der Waals surface area contributed by atoms with Gasteiger partial charge < -0.3 is 5.73 Å². The van der Waals surface area contributed by atoms with Crippen LogP contribution in [0.4, 0.5) is 0 Å². The number of benzene rings is 2. The van der Waals surface area contributed by atoms with Gasteiger partial charge in [0.15, 0.2) is 0 Å². The summed E-state index contributed by atoms with van der Waals surface area (Å²) in [5, 5.41) is 0. The maximum atomic E-state index is 11.6. The number of primary amides is 1. The van der Waals surface area contributed by atoms with Crippen molar-refractivity contribution in [1.82, 2.24) is 0 Å². The van der Waals surface area contributed by atoms with Crippen LogP contribution in [-0.2, 0) is 4.79 Å². The second kappa shape index (κ2) is 6.78. The lowest BCUT2D eigenvalue weighted by molar-refractivity contribution is -0.113. The highest BCUT2D eigenvalue weighted by molar-refractivity contribution is 8.12. The molecule has 0 bridgehead atoms. The number of carbonyl (C=O) groups is 1. The fraction of sp³-hybridized carbons (Fsp3) is 0. The number of nitrogens with two attached hydrogens (primary N) is 1. The first-order valence-electron chi connectivity index (χ1n) is 6.15. The van der Waals surface area contributed by atoms with Gasteiger partial charge in [0.05, 0.1) is 4.91 Å².